The van der Waals surface area contributed by atoms with Crippen molar-refractivity contribution in [2.75, 3.05) is 25.1 Å². The highest BCUT2D eigenvalue weighted by Gasteiger charge is 2.27. The molecule has 3 N–H and O–H groups in total. The Balaban J connectivity index is 0.00000361. The van der Waals surface area contributed by atoms with E-state index >= 15 is 0 Å². The lowest BCUT2D eigenvalue weighted by atomic mass is 10.2. The van der Waals surface area contributed by atoms with Gasteiger partial charge in [-0.25, -0.2) is 0 Å². The van der Waals surface area contributed by atoms with Gasteiger partial charge in [0, 0.05) is 5.69 Å². The van der Waals surface area contributed by atoms with Gasteiger partial charge in [0.15, 0.2) is 5.96 Å². The Hall–Kier alpha value is -1.03. The summed E-state index contributed by atoms with van der Waals surface area (Å²) in [5.74, 6) is 0.140. The van der Waals surface area contributed by atoms with Crippen LogP contribution in [-0.2, 0) is 4.74 Å². The fraction of sp³-hybridized carbons (Fsp3) is 0.417. The number of benzene rings is 1. The summed E-state index contributed by atoms with van der Waals surface area (Å²) in [6.45, 7) is 0.605. The minimum atomic E-state index is -4.31. The summed E-state index contributed by atoms with van der Waals surface area (Å²) in [6.07, 6.45) is -4.31. The first-order valence-electron chi connectivity index (χ1n) is 5.65. The molecule has 114 valence electrons. The molecule has 1 rings (SSSR count). The first kappa shape index (κ1) is 19.0. The van der Waals surface area contributed by atoms with Crippen LogP contribution in [0.15, 0.2) is 29.3 Å². The molecule has 0 unspecified atom stereocenters. The molecule has 0 fully saturated rings. The maximum Gasteiger partial charge on any atom is 0.411 e. The number of aliphatic imine (C=N–C) groups is 1. The van der Waals surface area contributed by atoms with E-state index in [4.69, 9.17) is 5.73 Å². The van der Waals surface area contributed by atoms with Crippen LogP contribution in [0.5, 0.6) is 0 Å². The smallest absolute Gasteiger partial charge is 0.370 e. The molecule has 20 heavy (non-hydrogen) atoms. The van der Waals surface area contributed by atoms with Crippen LogP contribution < -0.4 is 11.1 Å². The zero-order valence-corrected chi connectivity index (χ0v) is 13.2. The minimum absolute atomic E-state index is 0. The lowest BCUT2D eigenvalue weighted by Gasteiger charge is -2.07. The fourth-order valence-corrected chi connectivity index (χ4v) is 1.33. The second-order valence-electron chi connectivity index (χ2n) is 3.93. The molecule has 1 aromatic carbocycles. The molecule has 0 aliphatic carbocycles. The lowest BCUT2D eigenvalue weighted by Crippen LogP contribution is -2.24. The molecule has 0 atom stereocenters. The maximum atomic E-state index is 11.8. The summed E-state index contributed by atoms with van der Waals surface area (Å²) in [4.78, 5) is 3.86. The zero-order chi connectivity index (χ0) is 14.3. The van der Waals surface area contributed by atoms with Crippen LogP contribution in [0.4, 0.5) is 18.9 Å². The van der Waals surface area contributed by atoms with Crippen LogP contribution in [0.1, 0.15) is 5.56 Å². The second kappa shape index (κ2) is 9.01. The molecule has 4 nitrogen and oxygen atoms in total. The Morgan fingerprint density at radius 1 is 1.40 bits per heavy atom. The molecule has 0 aromatic heterocycles. The van der Waals surface area contributed by atoms with Gasteiger partial charge in [0.25, 0.3) is 0 Å². The number of rotatable bonds is 5. The Morgan fingerprint density at radius 2 is 2.10 bits per heavy atom. The van der Waals surface area contributed by atoms with E-state index in [0.717, 1.165) is 11.3 Å². The number of guanidine groups is 1. The van der Waals surface area contributed by atoms with Crippen LogP contribution in [0.2, 0.25) is 0 Å². The van der Waals surface area contributed by atoms with Gasteiger partial charge in [0.05, 0.1) is 13.2 Å². The third kappa shape index (κ3) is 8.97. The predicted molar refractivity (Wildman–Crippen MR) is 83.6 cm³/mol. The number of nitrogens with two attached hydrogens (primary N) is 1. The maximum absolute atomic E-state index is 11.8. The highest BCUT2D eigenvalue weighted by molar-refractivity contribution is 14.0. The summed E-state index contributed by atoms with van der Waals surface area (Å²) in [5, 5.41) is 2.84. The van der Waals surface area contributed by atoms with Crippen molar-refractivity contribution >= 4 is 35.6 Å². The monoisotopic (exact) mass is 403 g/mol. The SMILES string of the molecule is Cc1cccc(NC(N)=NCCOCC(F)(F)F)c1.I. The van der Waals surface area contributed by atoms with E-state index in [-0.39, 0.29) is 43.1 Å². The number of hydrogen-bond acceptors (Lipinski definition) is 2. The van der Waals surface area contributed by atoms with Crippen molar-refractivity contribution in [3.05, 3.63) is 29.8 Å². The number of ether oxygens (including phenoxy) is 1. The molecule has 0 amide bonds. The molecule has 0 heterocycles. The van der Waals surface area contributed by atoms with Crippen molar-refractivity contribution in [1.82, 2.24) is 0 Å². The highest BCUT2D eigenvalue weighted by Crippen LogP contribution is 2.14. The van der Waals surface area contributed by atoms with E-state index < -0.39 is 12.8 Å². The Kier molecular flexibility index (Phi) is 8.54. The highest BCUT2D eigenvalue weighted by atomic mass is 127. The van der Waals surface area contributed by atoms with E-state index in [1.807, 2.05) is 31.2 Å². The van der Waals surface area contributed by atoms with Gasteiger partial charge >= 0.3 is 6.18 Å². The molecular formula is C12H17F3IN3O. The Bertz CT molecular complexity index is 438. The number of nitrogens with zero attached hydrogens (tertiary/aromatic N) is 1. The normalized spacial score (nSPS) is 11.9. The number of aryl methyl sites for hydroxylation is 1. The average Bonchev–Trinajstić information content (AvgIpc) is 2.26. The van der Waals surface area contributed by atoms with Crippen LogP contribution in [0.3, 0.4) is 0 Å². The van der Waals surface area contributed by atoms with Crippen molar-refractivity contribution in [2.45, 2.75) is 13.1 Å². The number of nitrogens with one attached hydrogen (secondary N) is 1. The van der Waals surface area contributed by atoms with Crippen molar-refractivity contribution < 1.29 is 17.9 Å². The van der Waals surface area contributed by atoms with E-state index in [1.165, 1.54) is 0 Å². The third-order valence-corrected chi connectivity index (χ3v) is 2.07. The van der Waals surface area contributed by atoms with E-state index in [9.17, 15) is 13.2 Å². The summed E-state index contributed by atoms with van der Waals surface area (Å²) in [6, 6.07) is 7.49. The van der Waals surface area contributed by atoms with Gasteiger partial charge in [-0.05, 0) is 24.6 Å². The van der Waals surface area contributed by atoms with Gasteiger partial charge in [-0.3, -0.25) is 4.99 Å². The number of anilines is 1. The van der Waals surface area contributed by atoms with Crippen LogP contribution in [0.25, 0.3) is 0 Å². The molecule has 0 spiro atoms. The summed E-state index contributed by atoms with van der Waals surface area (Å²) in [5.41, 5.74) is 7.42. The molecule has 0 saturated heterocycles. The van der Waals surface area contributed by atoms with Gasteiger partial charge in [-0.2, -0.15) is 13.2 Å². The molecule has 0 radical (unpaired) electrons. The fourth-order valence-electron chi connectivity index (χ4n) is 1.33. The van der Waals surface area contributed by atoms with Gasteiger partial charge in [-0.15, -0.1) is 24.0 Å². The van der Waals surface area contributed by atoms with Gasteiger partial charge < -0.3 is 15.8 Å². The molecule has 0 aliphatic heterocycles. The van der Waals surface area contributed by atoms with E-state index in [0.29, 0.717) is 0 Å². The first-order valence-corrected chi connectivity index (χ1v) is 5.65. The quantitative estimate of drug-likeness (QED) is 0.344. The van der Waals surface area contributed by atoms with Crippen LogP contribution in [-0.4, -0.2) is 31.9 Å². The molecule has 0 aliphatic rings. The van der Waals surface area contributed by atoms with Gasteiger partial charge in [0.1, 0.15) is 6.61 Å². The predicted octanol–water partition coefficient (Wildman–Crippen LogP) is 2.92. The Labute approximate surface area is 132 Å². The second-order valence-corrected chi connectivity index (χ2v) is 3.93. The van der Waals surface area contributed by atoms with E-state index in [1.54, 1.807) is 0 Å². The molecule has 0 saturated carbocycles. The molecule has 0 bridgehead atoms. The molecular weight excluding hydrogens is 386 g/mol. The Morgan fingerprint density at radius 3 is 2.70 bits per heavy atom. The third-order valence-electron chi connectivity index (χ3n) is 2.07. The van der Waals surface area contributed by atoms with Crippen molar-refractivity contribution in [3.63, 3.8) is 0 Å². The summed E-state index contributed by atoms with van der Waals surface area (Å²) in [7, 11) is 0. The topological polar surface area (TPSA) is 59.6 Å². The van der Waals surface area contributed by atoms with Crippen LogP contribution >= 0.6 is 24.0 Å². The minimum Gasteiger partial charge on any atom is -0.370 e. The number of alkyl halides is 3. The first-order chi connectivity index (χ1) is 8.87. The zero-order valence-electron chi connectivity index (χ0n) is 10.9. The van der Waals surface area contributed by atoms with Crippen molar-refractivity contribution in [3.8, 4) is 0 Å². The average molecular weight is 403 g/mol. The van der Waals surface area contributed by atoms with Crippen molar-refractivity contribution in [2.24, 2.45) is 10.7 Å². The lowest BCUT2D eigenvalue weighted by molar-refractivity contribution is -0.173. The number of hydrogen-bond donors (Lipinski definition) is 2. The summed E-state index contributed by atoms with van der Waals surface area (Å²) >= 11 is 0. The van der Waals surface area contributed by atoms with Crippen molar-refractivity contribution in [1.29, 1.82) is 0 Å². The van der Waals surface area contributed by atoms with Crippen LogP contribution in [0, 0.1) is 6.92 Å². The standard InChI is InChI=1S/C12H16F3N3O.HI/c1-9-3-2-4-10(7-9)18-11(16)17-5-6-19-8-12(13,14)15;/h2-4,7H,5-6,8H2,1H3,(H3,16,17,18);1H. The molecule has 1 aromatic rings. The summed E-state index contributed by atoms with van der Waals surface area (Å²) < 4.78 is 39.7. The van der Waals surface area contributed by atoms with E-state index in [2.05, 4.69) is 15.0 Å². The largest absolute Gasteiger partial charge is 0.411 e. The van der Waals surface area contributed by atoms with Gasteiger partial charge in [0.2, 0.25) is 0 Å². The van der Waals surface area contributed by atoms with Gasteiger partial charge in [-0.1, -0.05) is 12.1 Å². The molecule has 8 heteroatoms. The number of halogens is 4.